The number of halogens is 2. The van der Waals surface area contributed by atoms with Crippen LogP contribution >= 0.6 is 11.6 Å². The zero-order valence-electron chi connectivity index (χ0n) is 24.4. The Morgan fingerprint density at radius 2 is 1.90 bits per heavy atom. The molecule has 2 N–H and O–H groups in total. The number of carbonyl (C=O) groups is 2. The molecule has 3 aromatic rings. The first-order valence-electron chi connectivity index (χ1n) is 14.4. The molecule has 0 saturated heterocycles. The normalized spacial score (nSPS) is 19.6. The number of anilines is 2. The highest BCUT2D eigenvalue weighted by molar-refractivity contribution is 6.34. The maximum Gasteiger partial charge on any atom is 0.257 e. The second kappa shape index (κ2) is 12.7. The van der Waals surface area contributed by atoms with Crippen molar-refractivity contribution < 1.29 is 18.7 Å². The molecule has 0 bridgehead atoms. The summed E-state index contributed by atoms with van der Waals surface area (Å²) < 4.78 is 19.3. The van der Waals surface area contributed by atoms with Crippen LogP contribution in [0, 0.1) is 11.2 Å². The standard InChI is InChI=1S/C33H38ClFN4O3/c1-38(2)16-17-39(25-12-13-33(21-25)14-15-36-28-7-5-4-6-23(28)20-33)32(41)22-8-11-29(30(18-22)42-3)37-31(40)26-19-24(35)9-10-27(26)34/h4-11,18-19,25,36H,12-17,20-21H2,1-3H3,(H,37,40)/t25?,33-/m0/s1. The molecule has 0 aromatic heterocycles. The molecule has 2 aliphatic rings. The molecule has 1 unspecified atom stereocenters. The van der Waals surface area contributed by atoms with E-state index in [1.54, 1.807) is 18.2 Å². The number of nitrogens with zero attached hydrogens (tertiary/aromatic N) is 2. The van der Waals surface area contributed by atoms with Crippen LogP contribution in [-0.4, -0.2) is 68.5 Å². The number of fused-ring (bicyclic) bond motifs is 1. The van der Waals surface area contributed by atoms with Gasteiger partial charge in [-0.25, -0.2) is 4.39 Å². The molecule has 42 heavy (non-hydrogen) atoms. The summed E-state index contributed by atoms with van der Waals surface area (Å²) in [5.74, 6) is -0.854. The number of methoxy groups -OCH3 is 1. The van der Waals surface area contributed by atoms with Gasteiger partial charge >= 0.3 is 0 Å². The number of carbonyl (C=O) groups excluding carboxylic acids is 2. The lowest BCUT2D eigenvalue weighted by atomic mass is 9.77. The molecule has 9 heteroatoms. The summed E-state index contributed by atoms with van der Waals surface area (Å²) in [7, 11) is 5.51. The van der Waals surface area contributed by atoms with E-state index in [0.29, 0.717) is 23.5 Å². The van der Waals surface area contributed by atoms with Gasteiger partial charge in [-0.05, 0) is 99.6 Å². The predicted molar refractivity (Wildman–Crippen MR) is 165 cm³/mol. The first-order valence-corrected chi connectivity index (χ1v) is 14.8. The molecule has 1 aliphatic heterocycles. The Balaban J connectivity index is 1.36. The first-order chi connectivity index (χ1) is 20.2. The van der Waals surface area contributed by atoms with E-state index in [9.17, 15) is 14.0 Å². The molecule has 1 heterocycles. The van der Waals surface area contributed by atoms with Crippen LogP contribution in [0.3, 0.4) is 0 Å². The number of rotatable bonds is 8. The third-order valence-corrected chi connectivity index (χ3v) is 8.92. The average molecular weight is 593 g/mol. The van der Waals surface area contributed by atoms with Crippen LogP contribution in [-0.2, 0) is 6.42 Å². The van der Waals surface area contributed by atoms with Crippen LogP contribution in [0.4, 0.5) is 15.8 Å². The Morgan fingerprint density at radius 3 is 2.69 bits per heavy atom. The van der Waals surface area contributed by atoms with Gasteiger partial charge in [0.1, 0.15) is 11.6 Å². The van der Waals surface area contributed by atoms with Gasteiger partial charge in [0.15, 0.2) is 0 Å². The van der Waals surface area contributed by atoms with Crippen molar-refractivity contribution in [3.63, 3.8) is 0 Å². The number of para-hydroxylation sites is 1. The Kier molecular flexibility index (Phi) is 9.04. The number of hydrogen-bond acceptors (Lipinski definition) is 5. The summed E-state index contributed by atoms with van der Waals surface area (Å²) in [5.41, 5.74) is 3.59. The van der Waals surface area contributed by atoms with Crippen LogP contribution in [0.1, 0.15) is 52.0 Å². The summed E-state index contributed by atoms with van der Waals surface area (Å²) in [6, 6.07) is 17.3. The zero-order chi connectivity index (χ0) is 29.9. The van der Waals surface area contributed by atoms with E-state index in [-0.39, 0.29) is 28.0 Å². The largest absolute Gasteiger partial charge is 0.495 e. The van der Waals surface area contributed by atoms with E-state index in [1.165, 1.54) is 30.5 Å². The van der Waals surface area contributed by atoms with E-state index >= 15 is 0 Å². The monoisotopic (exact) mass is 592 g/mol. The number of nitrogens with one attached hydrogen (secondary N) is 2. The number of likely N-dealkylation sites (N-methyl/N-ethyl adjacent to an activating group) is 1. The van der Waals surface area contributed by atoms with Gasteiger partial charge in [-0.2, -0.15) is 0 Å². The van der Waals surface area contributed by atoms with Gasteiger partial charge in [0, 0.05) is 36.9 Å². The van der Waals surface area contributed by atoms with Crippen molar-refractivity contribution in [3.05, 3.63) is 88.2 Å². The minimum Gasteiger partial charge on any atom is -0.495 e. The Morgan fingerprint density at radius 1 is 1.10 bits per heavy atom. The number of hydrogen-bond donors (Lipinski definition) is 2. The third kappa shape index (κ3) is 6.55. The highest BCUT2D eigenvalue weighted by Crippen LogP contribution is 2.48. The van der Waals surface area contributed by atoms with E-state index in [4.69, 9.17) is 16.3 Å². The highest BCUT2D eigenvalue weighted by atomic mass is 35.5. The smallest absolute Gasteiger partial charge is 0.257 e. The van der Waals surface area contributed by atoms with Crippen molar-refractivity contribution in [3.8, 4) is 5.75 Å². The molecule has 1 saturated carbocycles. The molecule has 1 spiro atoms. The maximum absolute atomic E-state index is 14.1. The minimum atomic E-state index is -0.569. The average Bonchev–Trinajstić information content (AvgIpc) is 3.28. The first kappa shape index (κ1) is 29.9. The molecule has 2 amide bonds. The van der Waals surface area contributed by atoms with Gasteiger partial charge in [-0.3, -0.25) is 9.59 Å². The zero-order valence-corrected chi connectivity index (χ0v) is 25.1. The molecule has 1 aliphatic carbocycles. The van der Waals surface area contributed by atoms with Gasteiger partial charge in [-0.1, -0.05) is 29.8 Å². The van der Waals surface area contributed by atoms with Crippen molar-refractivity contribution in [2.24, 2.45) is 5.41 Å². The Bertz CT molecular complexity index is 1460. The summed E-state index contributed by atoms with van der Waals surface area (Å²) in [6.45, 7) is 2.29. The SMILES string of the molecule is COc1cc(C(=O)N(CCN(C)C)C2CC[C@@]3(CCNc4ccccc4C3)C2)ccc1NC(=O)c1cc(F)ccc1Cl. The van der Waals surface area contributed by atoms with Crippen LogP contribution in [0.5, 0.6) is 5.75 Å². The van der Waals surface area contributed by atoms with E-state index in [0.717, 1.165) is 51.3 Å². The van der Waals surface area contributed by atoms with Gasteiger partial charge < -0.3 is 25.2 Å². The van der Waals surface area contributed by atoms with Crippen LogP contribution in [0.15, 0.2) is 60.7 Å². The van der Waals surface area contributed by atoms with Gasteiger partial charge in [0.25, 0.3) is 11.8 Å². The molecule has 7 nitrogen and oxygen atoms in total. The fraction of sp³-hybridized carbons (Fsp3) is 0.394. The molecular formula is C33H38ClFN4O3. The lowest BCUT2D eigenvalue weighted by Crippen LogP contribution is -2.43. The van der Waals surface area contributed by atoms with Crippen molar-refractivity contribution >= 4 is 34.8 Å². The lowest BCUT2D eigenvalue weighted by Gasteiger charge is -2.33. The molecule has 1 fully saturated rings. The van der Waals surface area contributed by atoms with Crippen molar-refractivity contribution in [1.82, 2.24) is 9.80 Å². The summed E-state index contributed by atoms with van der Waals surface area (Å²) in [5, 5.41) is 6.47. The molecule has 5 rings (SSSR count). The molecular weight excluding hydrogens is 555 g/mol. The van der Waals surface area contributed by atoms with Crippen LogP contribution < -0.4 is 15.4 Å². The molecule has 2 atom stereocenters. The second-order valence-electron chi connectivity index (χ2n) is 11.7. The minimum absolute atomic E-state index is 0.0141. The summed E-state index contributed by atoms with van der Waals surface area (Å²) in [4.78, 5) is 31.0. The van der Waals surface area contributed by atoms with Gasteiger partial charge in [-0.15, -0.1) is 0 Å². The van der Waals surface area contributed by atoms with E-state index < -0.39 is 11.7 Å². The molecule has 222 valence electrons. The van der Waals surface area contributed by atoms with E-state index in [2.05, 4.69) is 39.8 Å². The molecule has 3 aromatic carbocycles. The second-order valence-corrected chi connectivity index (χ2v) is 12.1. The highest BCUT2D eigenvalue weighted by Gasteiger charge is 2.43. The topological polar surface area (TPSA) is 73.9 Å². The van der Waals surface area contributed by atoms with Crippen molar-refractivity contribution in [2.75, 3.05) is 51.5 Å². The van der Waals surface area contributed by atoms with Crippen LogP contribution in [0.2, 0.25) is 5.02 Å². The molecule has 0 radical (unpaired) electrons. The van der Waals surface area contributed by atoms with Gasteiger partial charge in [0.05, 0.1) is 23.4 Å². The summed E-state index contributed by atoms with van der Waals surface area (Å²) in [6.07, 6.45) is 5.09. The fourth-order valence-electron chi connectivity index (χ4n) is 6.34. The number of ether oxygens (including phenoxy) is 1. The van der Waals surface area contributed by atoms with Crippen LogP contribution in [0.25, 0.3) is 0 Å². The van der Waals surface area contributed by atoms with Crippen molar-refractivity contribution in [1.29, 1.82) is 0 Å². The quantitative estimate of drug-likeness (QED) is 0.319. The summed E-state index contributed by atoms with van der Waals surface area (Å²) >= 11 is 6.12. The lowest BCUT2D eigenvalue weighted by molar-refractivity contribution is 0.0652. The third-order valence-electron chi connectivity index (χ3n) is 8.59. The Labute approximate surface area is 252 Å². The van der Waals surface area contributed by atoms with E-state index in [1.807, 2.05) is 19.0 Å². The maximum atomic E-state index is 14.1. The Hall–Kier alpha value is -3.62. The predicted octanol–water partition coefficient (Wildman–Crippen LogP) is 6.34. The van der Waals surface area contributed by atoms with Crippen molar-refractivity contribution in [2.45, 2.75) is 38.1 Å². The van der Waals surface area contributed by atoms with Gasteiger partial charge in [0.2, 0.25) is 0 Å². The number of benzene rings is 3. The number of amides is 2. The fourth-order valence-corrected chi connectivity index (χ4v) is 6.55.